The number of imidazole rings is 1. The molecule has 6 heteroatoms. The summed E-state index contributed by atoms with van der Waals surface area (Å²) < 4.78 is 7.74. The highest BCUT2D eigenvalue weighted by Gasteiger charge is 2.22. The van der Waals surface area contributed by atoms with Gasteiger partial charge in [0.2, 0.25) is 0 Å². The van der Waals surface area contributed by atoms with Crippen molar-refractivity contribution in [3.8, 4) is 5.75 Å². The van der Waals surface area contributed by atoms with Gasteiger partial charge in [0.05, 0.1) is 18.1 Å². The summed E-state index contributed by atoms with van der Waals surface area (Å²) in [6, 6.07) is 27.9. The first-order valence-electron chi connectivity index (χ1n) is 12.6. The number of ether oxygens (including phenoxy) is 1. The second-order valence-corrected chi connectivity index (χ2v) is 9.49. The number of para-hydroxylation sites is 2. The molecule has 0 aliphatic carbocycles. The zero-order chi connectivity index (χ0) is 23.2. The van der Waals surface area contributed by atoms with Gasteiger partial charge in [-0.05, 0) is 80.1 Å². The Bertz CT molecular complexity index is 1190. The van der Waals surface area contributed by atoms with Crippen molar-refractivity contribution in [2.45, 2.75) is 38.6 Å². The number of hydrogen-bond acceptors (Lipinski definition) is 3. The Morgan fingerprint density at radius 3 is 2.14 bits per heavy atom. The Kier molecular flexibility index (Phi) is 10.7. The van der Waals surface area contributed by atoms with Crippen LogP contribution in [0.2, 0.25) is 0 Å². The highest BCUT2D eigenvalue weighted by atomic mass is 35.5. The van der Waals surface area contributed by atoms with Crippen LogP contribution in [-0.4, -0.2) is 41.2 Å². The van der Waals surface area contributed by atoms with E-state index in [9.17, 15) is 0 Å². The van der Waals surface area contributed by atoms with Crippen LogP contribution in [0.1, 0.15) is 29.8 Å². The standard InChI is InChI=1S/C30H35N3O.2ClH/c1-34-27-13-11-25(12-14-27)15-19-32-20-16-26(17-21-32)23-30-31-28-9-5-6-10-29(28)33(30)22-18-24-7-3-2-4-8-24;;/h2-14,26H,15-23H2,1H3;2*1H. The fourth-order valence-corrected chi connectivity index (χ4v) is 5.17. The van der Waals surface area contributed by atoms with E-state index in [0.717, 1.165) is 43.6 Å². The number of piperidine rings is 1. The van der Waals surface area contributed by atoms with Crippen LogP contribution in [0, 0.1) is 5.92 Å². The highest BCUT2D eigenvalue weighted by molar-refractivity contribution is 5.85. The van der Waals surface area contributed by atoms with Crippen molar-refractivity contribution in [1.29, 1.82) is 0 Å². The third-order valence-electron chi connectivity index (χ3n) is 7.25. The van der Waals surface area contributed by atoms with Crippen molar-refractivity contribution >= 4 is 35.8 Å². The summed E-state index contributed by atoms with van der Waals surface area (Å²) in [7, 11) is 1.72. The first kappa shape index (κ1) is 28.0. The molecule has 36 heavy (non-hydrogen) atoms. The maximum absolute atomic E-state index is 5.27. The zero-order valence-corrected chi connectivity index (χ0v) is 22.6. The number of aromatic nitrogens is 2. The van der Waals surface area contributed by atoms with Crippen LogP contribution < -0.4 is 4.74 Å². The second-order valence-electron chi connectivity index (χ2n) is 9.49. The Morgan fingerprint density at radius 2 is 1.42 bits per heavy atom. The topological polar surface area (TPSA) is 30.3 Å². The fourth-order valence-electron chi connectivity index (χ4n) is 5.17. The molecular weight excluding hydrogens is 489 g/mol. The Balaban J connectivity index is 0.00000180. The smallest absolute Gasteiger partial charge is 0.118 e. The van der Waals surface area contributed by atoms with E-state index in [1.165, 1.54) is 48.4 Å². The molecule has 0 atom stereocenters. The highest BCUT2D eigenvalue weighted by Crippen LogP contribution is 2.25. The minimum atomic E-state index is 0. The van der Waals surface area contributed by atoms with E-state index in [4.69, 9.17) is 9.72 Å². The molecule has 4 nitrogen and oxygen atoms in total. The van der Waals surface area contributed by atoms with Crippen LogP contribution in [0.4, 0.5) is 0 Å². The molecule has 0 amide bonds. The van der Waals surface area contributed by atoms with E-state index >= 15 is 0 Å². The summed E-state index contributed by atoms with van der Waals surface area (Å²) >= 11 is 0. The molecule has 1 aliphatic rings. The predicted octanol–water partition coefficient (Wildman–Crippen LogP) is 6.63. The molecule has 192 valence electrons. The maximum atomic E-state index is 5.27. The van der Waals surface area contributed by atoms with Crippen molar-refractivity contribution in [3.05, 3.63) is 95.8 Å². The molecule has 1 fully saturated rings. The molecular formula is C30H37Cl2N3O. The minimum absolute atomic E-state index is 0. The van der Waals surface area contributed by atoms with E-state index in [2.05, 4.69) is 88.3 Å². The van der Waals surface area contributed by atoms with Crippen molar-refractivity contribution in [2.24, 2.45) is 5.92 Å². The molecule has 0 saturated carbocycles. The molecule has 0 N–H and O–H groups in total. The number of benzene rings is 3. The van der Waals surface area contributed by atoms with Gasteiger partial charge >= 0.3 is 0 Å². The van der Waals surface area contributed by atoms with Crippen LogP contribution in [0.15, 0.2) is 78.9 Å². The van der Waals surface area contributed by atoms with Gasteiger partial charge in [-0.3, -0.25) is 0 Å². The third-order valence-corrected chi connectivity index (χ3v) is 7.25. The first-order valence-corrected chi connectivity index (χ1v) is 12.6. The van der Waals surface area contributed by atoms with E-state index in [1.807, 2.05) is 0 Å². The predicted molar refractivity (Wildman–Crippen MR) is 154 cm³/mol. The van der Waals surface area contributed by atoms with Gasteiger partial charge in [0, 0.05) is 19.5 Å². The average molecular weight is 527 g/mol. The van der Waals surface area contributed by atoms with Gasteiger partial charge in [0.25, 0.3) is 0 Å². The van der Waals surface area contributed by atoms with Gasteiger partial charge in [0.1, 0.15) is 11.6 Å². The molecule has 0 spiro atoms. The molecule has 1 saturated heterocycles. The summed E-state index contributed by atoms with van der Waals surface area (Å²) in [6.07, 6.45) is 5.73. The van der Waals surface area contributed by atoms with Gasteiger partial charge in [-0.2, -0.15) is 0 Å². The van der Waals surface area contributed by atoms with Crippen LogP contribution in [0.25, 0.3) is 11.0 Å². The van der Waals surface area contributed by atoms with Gasteiger partial charge in [-0.25, -0.2) is 4.98 Å². The van der Waals surface area contributed by atoms with E-state index in [1.54, 1.807) is 7.11 Å². The van der Waals surface area contributed by atoms with E-state index in [0.29, 0.717) is 5.92 Å². The first-order chi connectivity index (χ1) is 16.8. The van der Waals surface area contributed by atoms with E-state index in [-0.39, 0.29) is 24.8 Å². The van der Waals surface area contributed by atoms with Crippen molar-refractivity contribution in [2.75, 3.05) is 26.7 Å². The Morgan fingerprint density at radius 1 is 0.778 bits per heavy atom. The van der Waals surface area contributed by atoms with Crippen molar-refractivity contribution < 1.29 is 4.74 Å². The summed E-state index contributed by atoms with van der Waals surface area (Å²) in [5, 5.41) is 0. The lowest BCUT2D eigenvalue weighted by Crippen LogP contribution is -2.36. The molecule has 4 aromatic rings. The number of halogens is 2. The van der Waals surface area contributed by atoms with Crippen LogP contribution >= 0.6 is 24.8 Å². The number of nitrogens with zero attached hydrogens (tertiary/aromatic N) is 3. The van der Waals surface area contributed by atoms with Gasteiger partial charge < -0.3 is 14.2 Å². The Labute approximate surface area is 227 Å². The summed E-state index contributed by atoms with van der Waals surface area (Å²) in [5.74, 6) is 2.90. The normalized spacial score (nSPS) is 14.2. The molecule has 2 heterocycles. The van der Waals surface area contributed by atoms with Gasteiger partial charge in [-0.15, -0.1) is 24.8 Å². The number of methoxy groups -OCH3 is 1. The summed E-state index contributed by atoms with van der Waals surface area (Å²) in [4.78, 5) is 7.69. The van der Waals surface area contributed by atoms with Gasteiger partial charge in [-0.1, -0.05) is 54.6 Å². The van der Waals surface area contributed by atoms with Gasteiger partial charge in [0.15, 0.2) is 0 Å². The molecule has 0 unspecified atom stereocenters. The SMILES string of the molecule is COc1ccc(CCN2CCC(Cc3nc4ccccc4n3CCc3ccccc3)CC2)cc1.Cl.Cl. The quantitative estimate of drug-likeness (QED) is 0.245. The van der Waals surface area contributed by atoms with Crippen LogP contribution in [0.5, 0.6) is 5.75 Å². The molecule has 1 aliphatic heterocycles. The van der Waals surface area contributed by atoms with Crippen LogP contribution in [-0.2, 0) is 25.8 Å². The van der Waals surface area contributed by atoms with Crippen LogP contribution in [0.3, 0.4) is 0 Å². The lowest BCUT2D eigenvalue weighted by atomic mass is 9.93. The fraction of sp³-hybridized carbons (Fsp3) is 0.367. The maximum Gasteiger partial charge on any atom is 0.118 e. The number of fused-ring (bicyclic) bond motifs is 1. The second kappa shape index (κ2) is 13.7. The van der Waals surface area contributed by atoms with E-state index < -0.39 is 0 Å². The summed E-state index contributed by atoms with van der Waals surface area (Å²) in [5.41, 5.74) is 5.17. The lowest BCUT2D eigenvalue weighted by Gasteiger charge is -2.32. The molecule has 0 radical (unpaired) electrons. The average Bonchev–Trinajstić information content (AvgIpc) is 3.24. The third kappa shape index (κ3) is 7.03. The number of aryl methyl sites for hydroxylation is 2. The molecule has 5 rings (SSSR count). The molecule has 1 aromatic heterocycles. The monoisotopic (exact) mass is 525 g/mol. The lowest BCUT2D eigenvalue weighted by molar-refractivity contribution is 0.184. The minimum Gasteiger partial charge on any atom is -0.497 e. The molecule has 0 bridgehead atoms. The number of hydrogen-bond donors (Lipinski definition) is 0. The van der Waals surface area contributed by atoms with Crippen molar-refractivity contribution in [3.63, 3.8) is 0 Å². The summed E-state index contributed by atoms with van der Waals surface area (Å²) in [6.45, 7) is 4.49. The van der Waals surface area contributed by atoms with Crippen molar-refractivity contribution in [1.82, 2.24) is 14.5 Å². The Hall–Kier alpha value is -2.53. The number of rotatable bonds is 9. The number of likely N-dealkylation sites (tertiary alicyclic amines) is 1. The zero-order valence-electron chi connectivity index (χ0n) is 21.0. The molecule has 3 aromatic carbocycles. The largest absolute Gasteiger partial charge is 0.497 e.